The molecule has 11 nitrogen and oxygen atoms in total. The highest BCUT2D eigenvalue weighted by atomic mass is 16.5. The molecule has 177 valence electrons. The van der Waals surface area contributed by atoms with E-state index in [1.807, 2.05) is 0 Å². The average molecular weight is 452 g/mol. The zero-order valence-corrected chi connectivity index (χ0v) is 19.1. The first-order valence-electron chi connectivity index (χ1n) is 10.6. The van der Waals surface area contributed by atoms with E-state index in [0.29, 0.717) is 11.3 Å². The van der Waals surface area contributed by atoms with E-state index in [-0.39, 0.29) is 25.8 Å². The van der Waals surface area contributed by atoms with E-state index >= 15 is 0 Å². The number of likely N-dealkylation sites (tertiary alicyclic amines) is 2. The van der Waals surface area contributed by atoms with Gasteiger partial charge in [-0.1, -0.05) is 0 Å². The van der Waals surface area contributed by atoms with Crippen LogP contribution in [0.3, 0.4) is 0 Å². The number of ether oxygens (including phenoxy) is 1. The van der Waals surface area contributed by atoms with Crippen molar-refractivity contribution in [3.8, 4) is 0 Å². The molecule has 0 saturated carbocycles. The quantitative estimate of drug-likeness (QED) is 0.362. The van der Waals surface area contributed by atoms with Crippen LogP contribution in [0.15, 0.2) is 0 Å². The Labute approximate surface area is 187 Å². The molecule has 11 heteroatoms. The van der Waals surface area contributed by atoms with Gasteiger partial charge in [0.2, 0.25) is 29.5 Å². The molecule has 0 aliphatic carbocycles. The van der Waals surface area contributed by atoms with Gasteiger partial charge in [0.25, 0.3) is 5.91 Å². The van der Waals surface area contributed by atoms with Gasteiger partial charge in [0.05, 0.1) is 6.04 Å². The van der Waals surface area contributed by atoms with Gasteiger partial charge in [-0.25, -0.2) is 0 Å². The predicted octanol–water partition coefficient (Wildman–Crippen LogP) is -1.18. The second-order valence-corrected chi connectivity index (χ2v) is 8.73. The lowest BCUT2D eigenvalue weighted by Gasteiger charge is -2.49. The number of methoxy groups -OCH3 is 1. The van der Waals surface area contributed by atoms with Crippen molar-refractivity contribution in [1.82, 2.24) is 15.1 Å². The summed E-state index contributed by atoms with van der Waals surface area (Å²) in [5, 5.41) is 2.49. The number of piperidine rings is 1. The first kappa shape index (κ1) is 25.6. The van der Waals surface area contributed by atoms with Gasteiger partial charge in [-0.2, -0.15) is 0 Å². The molecule has 32 heavy (non-hydrogen) atoms. The summed E-state index contributed by atoms with van der Waals surface area (Å²) in [5.41, 5.74) is 1.72. The smallest absolute Gasteiger partial charge is 0.253 e. The zero-order chi connectivity index (χ0) is 24.4. The van der Waals surface area contributed by atoms with Crippen LogP contribution in [0.5, 0.6) is 0 Å². The molecule has 0 unspecified atom stereocenters. The van der Waals surface area contributed by atoms with Crippen LogP contribution in [0, 0.1) is 0 Å². The van der Waals surface area contributed by atoms with Crippen molar-refractivity contribution in [3.05, 3.63) is 0 Å². The van der Waals surface area contributed by atoms with Gasteiger partial charge < -0.3 is 20.7 Å². The fourth-order valence-electron chi connectivity index (χ4n) is 4.18. The van der Waals surface area contributed by atoms with E-state index in [1.54, 1.807) is 6.29 Å². The van der Waals surface area contributed by atoms with Gasteiger partial charge in [-0.05, 0) is 40.5 Å². The number of carbonyl (C=O) groups excluding carboxylic acids is 6. The maximum atomic E-state index is 13.6. The first-order valence-corrected chi connectivity index (χ1v) is 10.6. The SMILES string of the molecule is COC(C)(C)[C@]1([C]=O)C(=O)CCC(=O)N1C(=O)[C@@H]1CCCN1C(=O)[C@H](C)NC(=O)[C@H](C)N. The number of rotatable bonds is 7. The molecule has 2 aliphatic heterocycles. The lowest BCUT2D eigenvalue weighted by atomic mass is 9.73. The molecule has 0 aromatic heterocycles. The number of nitrogens with one attached hydrogen (secondary N) is 1. The Morgan fingerprint density at radius 2 is 1.88 bits per heavy atom. The van der Waals surface area contributed by atoms with Crippen molar-refractivity contribution >= 4 is 35.7 Å². The number of ketones is 1. The maximum absolute atomic E-state index is 13.6. The second kappa shape index (κ2) is 9.45. The molecule has 4 amide bonds. The van der Waals surface area contributed by atoms with Crippen molar-refractivity contribution in [3.63, 3.8) is 0 Å². The summed E-state index contributed by atoms with van der Waals surface area (Å²) >= 11 is 0. The van der Waals surface area contributed by atoms with E-state index in [1.165, 1.54) is 39.7 Å². The molecule has 1 radical (unpaired) electrons. The molecule has 2 saturated heterocycles. The fourth-order valence-corrected chi connectivity index (χ4v) is 4.18. The van der Waals surface area contributed by atoms with Crippen LogP contribution in [-0.4, -0.2) is 88.4 Å². The summed E-state index contributed by atoms with van der Waals surface area (Å²) in [4.78, 5) is 78.2. The van der Waals surface area contributed by atoms with Crippen LogP contribution in [0.1, 0.15) is 53.4 Å². The summed E-state index contributed by atoms with van der Waals surface area (Å²) in [6, 6.07) is -2.86. The minimum absolute atomic E-state index is 0.217. The number of hydrogen-bond donors (Lipinski definition) is 2. The third kappa shape index (κ3) is 4.18. The Kier molecular flexibility index (Phi) is 7.56. The van der Waals surface area contributed by atoms with E-state index in [4.69, 9.17) is 10.5 Å². The standard InChI is InChI=1S/C21H31N4O7/c1-12(22)17(29)23-13(2)18(30)24-10-6-7-14(24)19(31)25-16(28)9-8-15(27)21(25,11-26)20(3,4)32-5/h12-14H,6-10,22H2,1-5H3,(H,23,29)/t12-,13-,14-,21-/m0/s1. The van der Waals surface area contributed by atoms with Crippen molar-refractivity contribution in [2.45, 2.75) is 82.6 Å². The highest BCUT2D eigenvalue weighted by Crippen LogP contribution is 2.38. The van der Waals surface area contributed by atoms with E-state index in [0.717, 1.165) is 0 Å². The Bertz CT molecular complexity index is 825. The average Bonchev–Trinajstić information content (AvgIpc) is 3.23. The highest BCUT2D eigenvalue weighted by Gasteiger charge is 2.63. The summed E-state index contributed by atoms with van der Waals surface area (Å²) in [6.45, 7) is 6.01. The minimum atomic E-state index is -2.26. The Balaban J connectivity index is 2.40. The van der Waals surface area contributed by atoms with Crippen LogP contribution in [0.2, 0.25) is 0 Å². The van der Waals surface area contributed by atoms with Gasteiger partial charge in [-0.3, -0.25) is 33.7 Å². The molecule has 0 spiro atoms. The summed E-state index contributed by atoms with van der Waals surface area (Å²) < 4.78 is 5.34. The number of imide groups is 1. The lowest BCUT2D eigenvalue weighted by Crippen LogP contribution is -2.74. The molecule has 0 aromatic rings. The van der Waals surface area contributed by atoms with Gasteiger partial charge in [-0.15, -0.1) is 0 Å². The van der Waals surface area contributed by atoms with Crippen molar-refractivity contribution in [2.24, 2.45) is 5.73 Å². The van der Waals surface area contributed by atoms with Crippen LogP contribution in [-0.2, 0) is 33.5 Å². The molecule has 0 aromatic carbocycles. The number of carbonyl (C=O) groups is 5. The summed E-state index contributed by atoms with van der Waals surface area (Å²) in [5.74, 6) is -3.26. The zero-order valence-electron chi connectivity index (χ0n) is 19.1. The normalized spacial score (nSPS) is 26.0. The number of Topliss-reactive ketones (excluding diaryl/α,β-unsaturated/α-hetero) is 1. The van der Waals surface area contributed by atoms with Gasteiger partial charge in [0.1, 0.15) is 17.7 Å². The maximum Gasteiger partial charge on any atom is 0.253 e. The molecule has 4 atom stereocenters. The van der Waals surface area contributed by atoms with Gasteiger partial charge in [0.15, 0.2) is 5.78 Å². The van der Waals surface area contributed by atoms with E-state index in [9.17, 15) is 28.8 Å². The molecule has 0 bridgehead atoms. The van der Waals surface area contributed by atoms with E-state index < -0.39 is 58.7 Å². The molecule has 2 heterocycles. The Hall–Kier alpha value is -2.66. The number of nitrogens with two attached hydrogens (primary N) is 1. The molecular formula is C21H31N4O7. The largest absolute Gasteiger partial charge is 0.375 e. The van der Waals surface area contributed by atoms with Crippen LogP contribution in [0.25, 0.3) is 0 Å². The molecule has 2 fully saturated rings. The minimum Gasteiger partial charge on any atom is -0.375 e. The third-order valence-corrected chi connectivity index (χ3v) is 6.27. The summed E-state index contributed by atoms with van der Waals surface area (Å²) in [7, 11) is 1.27. The first-order chi connectivity index (χ1) is 14.9. The number of hydrogen-bond acceptors (Lipinski definition) is 8. The van der Waals surface area contributed by atoms with Crippen molar-refractivity contribution in [1.29, 1.82) is 0 Å². The summed E-state index contributed by atoms with van der Waals surface area (Å²) in [6.07, 6.45) is 1.87. The van der Waals surface area contributed by atoms with Gasteiger partial charge in [0, 0.05) is 26.5 Å². The van der Waals surface area contributed by atoms with Crippen LogP contribution < -0.4 is 11.1 Å². The van der Waals surface area contributed by atoms with E-state index in [2.05, 4.69) is 5.32 Å². The number of amides is 4. The molecule has 3 N–H and O–H groups in total. The predicted molar refractivity (Wildman–Crippen MR) is 112 cm³/mol. The monoisotopic (exact) mass is 451 g/mol. The Morgan fingerprint density at radius 3 is 2.41 bits per heavy atom. The van der Waals surface area contributed by atoms with Crippen molar-refractivity contribution < 1.29 is 33.5 Å². The second-order valence-electron chi connectivity index (χ2n) is 8.73. The van der Waals surface area contributed by atoms with Crippen LogP contribution in [0.4, 0.5) is 0 Å². The third-order valence-electron chi connectivity index (χ3n) is 6.27. The molecule has 2 rings (SSSR count). The lowest BCUT2D eigenvalue weighted by molar-refractivity contribution is -0.175. The van der Waals surface area contributed by atoms with Crippen LogP contribution >= 0.6 is 0 Å². The Morgan fingerprint density at radius 1 is 1.25 bits per heavy atom. The molecular weight excluding hydrogens is 420 g/mol. The van der Waals surface area contributed by atoms with Gasteiger partial charge >= 0.3 is 0 Å². The number of nitrogens with zero attached hydrogens (tertiary/aromatic N) is 2. The van der Waals surface area contributed by atoms with Crippen molar-refractivity contribution in [2.75, 3.05) is 13.7 Å². The molecule has 2 aliphatic rings. The topological polar surface area (TPSA) is 156 Å². The fraction of sp³-hybridized carbons (Fsp3) is 0.714. The highest BCUT2D eigenvalue weighted by molar-refractivity contribution is 6.17.